The van der Waals surface area contributed by atoms with Crippen LogP contribution in [-0.4, -0.2) is 13.0 Å². The van der Waals surface area contributed by atoms with Crippen molar-refractivity contribution in [2.24, 2.45) is 0 Å². The highest BCUT2D eigenvalue weighted by Gasteiger charge is 2.25. The van der Waals surface area contributed by atoms with Crippen LogP contribution in [0.5, 0.6) is 5.75 Å². The van der Waals surface area contributed by atoms with Gasteiger partial charge in [0.05, 0.1) is 18.5 Å². The molecule has 4 rings (SSSR count). The first kappa shape index (κ1) is 15.2. The number of carbonyl (C=O) groups is 1. The van der Waals surface area contributed by atoms with E-state index in [1.807, 2.05) is 78.9 Å². The fraction of sp³-hybridized carbons (Fsp3) is 0.0455. The van der Waals surface area contributed by atoms with E-state index < -0.39 is 0 Å². The van der Waals surface area contributed by atoms with Crippen LogP contribution in [0, 0.1) is 0 Å². The third kappa shape index (κ3) is 2.70. The van der Waals surface area contributed by atoms with Crippen LogP contribution in [0.3, 0.4) is 0 Å². The van der Waals surface area contributed by atoms with Gasteiger partial charge >= 0.3 is 0 Å². The predicted octanol–water partition coefficient (Wildman–Crippen LogP) is 5.16. The van der Waals surface area contributed by atoms with E-state index in [0.29, 0.717) is 11.3 Å². The van der Waals surface area contributed by atoms with Gasteiger partial charge in [-0.25, -0.2) is 0 Å². The molecule has 0 fully saturated rings. The zero-order chi connectivity index (χ0) is 17.2. The van der Waals surface area contributed by atoms with E-state index in [9.17, 15) is 4.79 Å². The summed E-state index contributed by atoms with van der Waals surface area (Å²) in [4.78, 5) is 15.2. The van der Waals surface area contributed by atoms with Crippen molar-refractivity contribution in [1.82, 2.24) is 0 Å². The molecule has 3 aromatic rings. The fourth-order valence-electron chi connectivity index (χ4n) is 3.08. The third-order valence-corrected chi connectivity index (χ3v) is 4.32. The standard InChI is InChI=1S/C22H17NO2/c1-25-19-10-6-9-18(15-19)22(24)23-20-11-4-2-7-16(20)13-14-17-8-3-5-12-21(17)23/h2-15H,1H3. The Labute approximate surface area is 146 Å². The molecule has 0 aliphatic carbocycles. The number of methoxy groups -OCH3 is 1. The number of hydrogen-bond donors (Lipinski definition) is 0. The number of nitrogens with zero attached hydrogens (tertiary/aromatic N) is 1. The molecule has 3 aromatic carbocycles. The smallest absolute Gasteiger partial charge is 0.263 e. The minimum Gasteiger partial charge on any atom is -0.497 e. The van der Waals surface area contributed by atoms with Gasteiger partial charge in [-0.3, -0.25) is 9.69 Å². The van der Waals surface area contributed by atoms with E-state index >= 15 is 0 Å². The molecule has 1 amide bonds. The molecule has 0 atom stereocenters. The van der Waals surface area contributed by atoms with Gasteiger partial charge in [0.15, 0.2) is 0 Å². The van der Waals surface area contributed by atoms with Crippen molar-refractivity contribution in [3.05, 3.63) is 89.5 Å². The maximum Gasteiger partial charge on any atom is 0.263 e. The molecule has 0 N–H and O–H groups in total. The van der Waals surface area contributed by atoms with Crippen LogP contribution in [0.4, 0.5) is 11.4 Å². The second-order valence-electron chi connectivity index (χ2n) is 5.82. The van der Waals surface area contributed by atoms with Gasteiger partial charge in [0.1, 0.15) is 5.75 Å². The lowest BCUT2D eigenvalue weighted by Crippen LogP contribution is -2.26. The summed E-state index contributed by atoms with van der Waals surface area (Å²) < 4.78 is 5.27. The van der Waals surface area contributed by atoms with E-state index in [1.165, 1.54) is 0 Å². The molecule has 1 aliphatic heterocycles. The average molecular weight is 327 g/mol. The molecule has 0 saturated heterocycles. The highest BCUT2D eigenvalue weighted by Crippen LogP contribution is 2.37. The quantitative estimate of drug-likeness (QED) is 0.651. The fourth-order valence-corrected chi connectivity index (χ4v) is 3.08. The van der Waals surface area contributed by atoms with Crippen molar-refractivity contribution in [2.75, 3.05) is 12.0 Å². The molecule has 3 heteroatoms. The lowest BCUT2D eigenvalue weighted by atomic mass is 10.1. The topological polar surface area (TPSA) is 29.5 Å². The minimum absolute atomic E-state index is 0.0810. The van der Waals surface area contributed by atoms with Crippen LogP contribution < -0.4 is 9.64 Å². The average Bonchev–Trinajstić information content (AvgIpc) is 2.84. The van der Waals surface area contributed by atoms with Crippen LogP contribution in [-0.2, 0) is 0 Å². The van der Waals surface area contributed by atoms with Crippen molar-refractivity contribution >= 4 is 29.4 Å². The zero-order valence-electron chi connectivity index (χ0n) is 13.8. The molecule has 1 heterocycles. The van der Waals surface area contributed by atoms with Gasteiger partial charge in [-0.2, -0.15) is 0 Å². The first-order valence-corrected chi connectivity index (χ1v) is 8.12. The second-order valence-corrected chi connectivity index (χ2v) is 5.82. The Kier molecular flexibility index (Phi) is 3.82. The molecule has 0 spiro atoms. The molecular formula is C22H17NO2. The van der Waals surface area contributed by atoms with Crippen LogP contribution in [0.2, 0.25) is 0 Å². The second kappa shape index (κ2) is 6.29. The van der Waals surface area contributed by atoms with Crippen molar-refractivity contribution in [3.8, 4) is 5.75 Å². The third-order valence-electron chi connectivity index (χ3n) is 4.32. The summed E-state index contributed by atoms with van der Waals surface area (Å²) in [5.74, 6) is 0.586. The summed E-state index contributed by atoms with van der Waals surface area (Å²) >= 11 is 0. The van der Waals surface area contributed by atoms with Crippen LogP contribution in [0.25, 0.3) is 12.2 Å². The van der Waals surface area contributed by atoms with Gasteiger partial charge in [-0.1, -0.05) is 54.6 Å². The van der Waals surface area contributed by atoms with Gasteiger partial charge < -0.3 is 4.74 Å². The lowest BCUT2D eigenvalue weighted by Gasteiger charge is -2.25. The molecule has 0 aromatic heterocycles. The number of fused-ring (bicyclic) bond motifs is 2. The van der Waals surface area contributed by atoms with Crippen LogP contribution in [0.15, 0.2) is 72.8 Å². The van der Waals surface area contributed by atoms with Gasteiger partial charge in [0.2, 0.25) is 0 Å². The molecule has 0 saturated carbocycles. The largest absolute Gasteiger partial charge is 0.497 e. The van der Waals surface area contributed by atoms with E-state index in [2.05, 4.69) is 0 Å². The Morgan fingerprint density at radius 3 is 2.00 bits per heavy atom. The SMILES string of the molecule is COc1cccc(C(=O)N2c3ccccc3C=Cc3ccccc32)c1. The molecule has 1 aliphatic rings. The van der Waals surface area contributed by atoms with Gasteiger partial charge in [-0.05, 0) is 41.5 Å². The van der Waals surface area contributed by atoms with E-state index in [0.717, 1.165) is 22.5 Å². The molecule has 122 valence electrons. The Hall–Kier alpha value is -3.33. The van der Waals surface area contributed by atoms with Gasteiger partial charge in [-0.15, -0.1) is 0 Å². The zero-order valence-corrected chi connectivity index (χ0v) is 13.8. The van der Waals surface area contributed by atoms with E-state index in [1.54, 1.807) is 18.1 Å². The number of ether oxygens (including phenoxy) is 1. The Morgan fingerprint density at radius 1 is 0.800 bits per heavy atom. The first-order chi connectivity index (χ1) is 12.3. The maximum absolute atomic E-state index is 13.4. The number of carbonyl (C=O) groups excluding carboxylic acids is 1. The minimum atomic E-state index is -0.0810. The normalized spacial score (nSPS) is 12.1. The number of rotatable bonds is 2. The van der Waals surface area contributed by atoms with Crippen molar-refractivity contribution in [1.29, 1.82) is 0 Å². The molecule has 0 radical (unpaired) electrons. The van der Waals surface area contributed by atoms with Crippen molar-refractivity contribution < 1.29 is 9.53 Å². The molecule has 25 heavy (non-hydrogen) atoms. The van der Waals surface area contributed by atoms with Gasteiger partial charge in [0.25, 0.3) is 5.91 Å². The Balaban J connectivity index is 1.90. The van der Waals surface area contributed by atoms with Crippen molar-refractivity contribution in [3.63, 3.8) is 0 Å². The summed E-state index contributed by atoms with van der Waals surface area (Å²) in [6.07, 6.45) is 4.10. The predicted molar refractivity (Wildman–Crippen MR) is 101 cm³/mol. The number of para-hydroxylation sites is 2. The Morgan fingerprint density at radius 2 is 1.40 bits per heavy atom. The monoisotopic (exact) mass is 327 g/mol. The summed E-state index contributed by atoms with van der Waals surface area (Å²) in [6.45, 7) is 0. The van der Waals surface area contributed by atoms with Crippen LogP contribution in [0.1, 0.15) is 21.5 Å². The summed E-state index contributed by atoms with van der Waals surface area (Å²) in [7, 11) is 1.60. The molecule has 0 bridgehead atoms. The highest BCUT2D eigenvalue weighted by molar-refractivity contribution is 6.14. The number of hydrogen-bond acceptors (Lipinski definition) is 2. The molecule has 0 unspecified atom stereocenters. The highest BCUT2D eigenvalue weighted by atomic mass is 16.5. The summed E-state index contributed by atoms with van der Waals surface area (Å²) in [5, 5.41) is 0. The van der Waals surface area contributed by atoms with Crippen molar-refractivity contribution in [2.45, 2.75) is 0 Å². The molecular weight excluding hydrogens is 310 g/mol. The number of anilines is 2. The van der Waals surface area contributed by atoms with Crippen LogP contribution >= 0.6 is 0 Å². The Bertz CT molecular complexity index is 926. The molecule has 3 nitrogen and oxygen atoms in total. The van der Waals surface area contributed by atoms with Gasteiger partial charge in [0, 0.05) is 5.56 Å². The maximum atomic E-state index is 13.4. The first-order valence-electron chi connectivity index (χ1n) is 8.12. The van der Waals surface area contributed by atoms with E-state index in [-0.39, 0.29) is 5.91 Å². The number of benzene rings is 3. The van der Waals surface area contributed by atoms with E-state index in [4.69, 9.17) is 4.74 Å². The number of amides is 1. The lowest BCUT2D eigenvalue weighted by molar-refractivity contribution is 0.0999. The summed E-state index contributed by atoms with van der Waals surface area (Å²) in [5.41, 5.74) is 4.35. The summed E-state index contributed by atoms with van der Waals surface area (Å²) in [6, 6.07) is 23.1.